The van der Waals surface area contributed by atoms with E-state index in [1.807, 2.05) is 13.8 Å². The van der Waals surface area contributed by atoms with Gasteiger partial charge in [0.15, 0.2) is 0 Å². The van der Waals surface area contributed by atoms with Crippen molar-refractivity contribution in [2.24, 2.45) is 17.6 Å². The number of aromatic nitrogens is 2. The van der Waals surface area contributed by atoms with Crippen molar-refractivity contribution >= 4 is 11.6 Å². The molecule has 0 bridgehead atoms. The van der Waals surface area contributed by atoms with Crippen LogP contribution in [0.4, 0.5) is 5.69 Å². The molecule has 0 saturated carbocycles. The van der Waals surface area contributed by atoms with Crippen molar-refractivity contribution in [1.82, 2.24) is 9.78 Å². The molecule has 0 radical (unpaired) electrons. The van der Waals surface area contributed by atoms with Gasteiger partial charge in [-0.2, -0.15) is 5.10 Å². The predicted molar refractivity (Wildman–Crippen MR) is 70.1 cm³/mol. The summed E-state index contributed by atoms with van der Waals surface area (Å²) in [7, 11) is 1.64. The molecule has 3 N–H and O–H groups in total. The van der Waals surface area contributed by atoms with Crippen molar-refractivity contribution < 1.29 is 9.53 Å². The minimum absolute atomic E-state index is 0.0567. The summed E-state index contributed by atoms with van der Waals surface area (Å²) in [5.74, 6) is -0.00958. The molecule has 0 aliphatic heterocycles. The van der Waals surface area contributed by atoms with Crippen LogP contribution in [0.1, 0.15) is 13.8 Å². The van der Waals surface area contributed by atoms with Crippen LogP contribution >= 0.6 is 0 Å². The SMILES string of the molecule is COCCn1cc(NC(=O)C(CN)C(C)C)cn1. The first-order chi connectivity index (χ1) is 8.58. The van der Waals surface area contributed by atoms with E-state index < -0.39 is 0 Å². The van der Waals surface area contributed by atoms with Gasteiger partial charge in [-0.1, -0.05) is 13.8 Å². The summed E-state index contributed by atoms with van der Waals surface area (Å²) in [5.41, 5.74) is 6.29. The molecule has 0 aliphatic rings. The normalized spacial score (nSPS) is 12.7. The van der Waals surface area contributed by atoms with Crippen LogP contribution < -0.4 is 11.1 Å². The Morgan fingerprint density at radius 1 is 1.61 bits per heavy atom. The van der Waals surface area contributed by atoms with Gasteiger partial charge in [-0.25, -0.2) is 0 Å². The predicted octanol–water partition coefficient (Wildman–Crippen LogP) is 0.699. The zero-order chi connectivity index (χ0) is 13.5. The molecule has 1 aromatic heterocycles. The summed E-state index contributed by atoms with van der Waals surface area (Å²) in [6.45, 7) is 5.57. The van der Waals surface area contributed by atoms with E-state index in [9.17, 15) is 4.79 Å². The summed E-state index contributed by atoms with van der Waals surface area (Å²) < 4.78 is 6.69. The molecule has 0 saturated heterocycles. The third-order valence-electron chi connectivity index (χ3n) is 2.82. The molecule has 0 spiro atoms. The zero-order valence-corrected chi connectivity index (χ0v) is 11.2. The number of amides is 1. The number of hydrogen-bond acceptors (Lipinski definition) is 4. The van der Waals surface area contributed by atoms with E-state index in [1.165, 1.54) is 0 Å². The van der Waals surface area contributed by atoms with Crippen molar-refractivity contribution in [2.75, 3.05) is 25.6 Å². The Balaban J connectivity index is 2.56. The highest BCUT2D eigenvalue weighted by Crippen LogP contribution is 2.13. The molecular formula is C12H22N4O2. The van der Waals surface area contributed by atoms with Crippen LogP contribution in [0.3, 0.4) is 0 Å². The van der Waals surface area contributed by atoms with Crippen molar-refractivity contribution in [3.05, 3.63) is 12.4 Å². The van der Waals surface area contributed by atoms with Crippen LogP contribution in [0.5, 0.6) is 0 Å². The van der Waals surface area contributed by atoms with Gasteiger partial charge in [0.1, 0.15) is 0 Å². The van der Waals surface area contributed by atoms with Gasteiger partial charge < -0.3 is 15.8 Å². The first-order valence-corrected chi connectivity index (χ1v) is 6.10. The van der Waals surface area contributed by atoms with E-state index in [4.69, 9.17) is 10.5 Å². The topological polar surface area (TPSA) is 82.2 Å². The lowest BCUT2D eigenvalue weighted by Gasteiger charge is -2.17. The van der Waals surface area contributed by atoms with Gasteiger partial charge >= 0.3 is 0 Å². The Labute approximate surface area is 107 Å². The molecule has 0 aliphatic carbocycles. The number of carbonyl (C=O) groups is 1. The van der Waals surface area contributed by atoms with Crippen LogP contribution in [-0.2, 0) is 16.1 Å². The van der Waals surface area contributed by atoms with Gasteiger partial charge in [-0.05, 0) is 5.92 Å². The molecule has 6 heteroatoms. The summed E-state index contributed by atoms with van der Waals surface area (Å²) in [5, 5.41) is 6.96. The number of hydrogen-bond donors (Lipinski definition) is 2. The molecule has 0 aromatic carbocycles. The number of ether oxygens (including phenoxy) is 1. The number of nitrogens with one attached hydrogen (secondary N) is 1. The standard InChI is InChI=1S/C12H22N4O2/c1-9(2)11(6-13)12(17)15-10-7-14-16(8-10)4-5-18-3/h7-9,11H,4-6,13H2,1-3H3,(H,15,17). The van der Waals surface area contributed by atoms with Crippen LogP contribution in [0.25, 0.3) is 0 Å². The van der Waals surface area contributed by atoms with Crippen LogP contribution in [0, 0.1) is 11.8 Å². The maximum atomic E-state index is 12.0. The first-order valence-electron chi connectivity index (χ1n) is 6.10. The van der Waals surface area contributed by atoms with E-state index in [1.54, 1.807) is 24.2 Å². The zero-order valence-electron chi connectivity index (χ0n) is 11.2. The third kappa shape index (κ3) is 4.12. The minimum atomic E-state index is -0.174. The highest BCUT2D eigenvalue weighted by atomic mass is 16.5. The van der Waals surface area contributed by atoms with E-state index in [0.29, 0.717) is 25.4 Å². The second kappa shape index (κ2) is 7.13. The highest BCUT2D eigenvalue weighted by molar-refractivity contribution is 5.92. The number of rotatable bonds is 7. The molecule has 6 nitrogen and oxygen atoms in total. The fraction of sp³-hybridized carbons (Fsp3) is 0.667. The van der Waals surface area contributed by atoms with Gasteiger partial charge in [0.05, 0.1) is 31.0 Å². The smallest absolute Gasteiger partial charge is 0.229 e. The molecule has 1 unspecified atom stereocenters. The lowest BCUT2D eigenvalue weighted by molar-refractivity contribution is -0.120. The average molecular weight is 254 g/mol. The van der Waals surface area contributed by atoms with Crippen LogP contribution in [0.15, 0.2) is 12.4 Å². The quantitative estimate of drug-likeness (QED) is 0.750. The number of carbonyl (C=O) groups excluding carboxylic acids is 1. The summed E-state index contributed by atoms with van der Waals surface area (Å²) in [4.78, 5) is 12.0. The number of nitrogens with zero attached hydrogens (tertiary/aromatic N) is 2. The van der Waals surface area contributed by atoms with Crippen LogP contribution in [-0.4, -0.2) is 35.9 Å². The molecule has 1 aromatic rings. The Kier molecular flexibility index (Phi) is 5.80. The molecule has 1 rings (SSSR count). The number of methoxy groups -OCH3 is 1. The van der Waals surface area contributed by atoms with Crippen molar-refractivity contribution in [3.8, 4) is 0 Å². The Morgan fingerprint density at radius 3 is 2.89 bits per heavy atom. The van der Waals surface area contributed by atoms with Gasteiger partial charge in [0.25, 0.3) is 0 Å². The monoisotopic (exact) mass is 254 g/mol. The van der Waals surface area contributed by atoms with Crippen molar-refractivity contribution in [3.63, 3.8) is 0 Å². The third-order valence-corrected chi connectivity index (χ3v) is 2.82. The lowest BCUT2D eigenvalue weighted by atomic mass is 9.95. The van der Waals surface area contributed by atoms with Crippen molar-refractivity contribution in [1.29, 1.82) is 0 Å². The number of anilines is 1. The van der Waals surface area contributed by atoms with Crippen molar-refractivity contribution in [2.45, 2.75) is 20.4 Å². The Hall–Kier alpha value is -1.40. The fourth-order valence-corrected chi connectivity index (χ4v) is 1.65. The fourth-order valence-electron chi connectivity index (χ4n) is 1.65. The summed E-state index contributed by atoms with van der Waals surface area (Å²) in [6, 6.07) is 0. The molecule has 0 fully saturated rings. The average Bonchev–Trinajstić information content (AvgIpc) is 2.74. The highest BCUT2D eigenvalue weighted by Gasteiger charge is 2.20. The Morgan fingerprint density at radius 2 is 2.33 bits per heavy atom. The molecule has 18 heavy (non-hydrogen) atoms. The lowest BCUT2D eigenvalue weighted by Crippen LogP contribution is -2.32. The Bertz CT molecular complexity index is 376. The van der Waals surface area contributed by atoms with Gasteiger partial charge in [0, 0.05) is 19.9 Å². The molecular weight excluding hydrogens is 232 g/mol. The molecule has 1 atom stereocenters. The van der Waals surface area contributed by atoms with Gasteiger partial charge in [0.2, 0.25) is 5.91 Å². The summed E-state index contributed by atoms with van der Waals surface area (Å²) in [6.07, 6.45) is 3.41. The first kappa shape index (κ1) is 14.7. The van der Waals surface area contributed by atoms with E-state index in [2.05, 4.69) is 10.4 Å². The molecule has 1 heterocycles. The van der Waals surface area contributed by atoms with Gasteiger partial charge in [-0.3, -0.25) is 9.48 Å². The summed E-state index contributed by atoms with van der Waals surface area (Å²) >= 11 is 0. The van der Waals surface area contributed by atoms with E-state index in [-0.39, 0.29) is 17.7 Å². The molecule has 102 valence electrons. The number of nitrogens with two attached hydrogens (primary N) is 1. The van der Waals surface area contributed by atoms with Crippen LogP contribution in [0.2, 0.25) is 0 Å². The second-order valence-electron chi connectivity index (χ2n) is 4.56. The second-order valence-corrected chi connectivity index (χ2v) is 4.56. The van der Waals surface area contributed by atoms with E-state index >= 15 is 0 Å². The maximum absolute atomic E-state index is 12.0. The van der Waals surface area contributed by atoms with Gasteiger partial charge in [-0.15, -0.1) is 0 Å². The minimum Gasteiger partial charge on any atom is -0.383 e. The molecule has 1 amide bonds. The van der Waals surface area contributed by atoms with E-state index in [0.717, 1.165) is 0 Å². The maximum Gasteiger partial charge on any atom is 0.229 e. The largest absolute Gasteiger partial charge is 0.383 e.